The van der Waals surface area contributed by atoms with Crippen LogP contribution in [-0.4, -0.2) is 56.2 Å². The van der Waals surface area contributed by atoms with Gasteiger partial charge in [0.15, 0.2) is 0 Å². The molecule has 2 saturated heterocycles. The third-order valence-corrected chi connectivity index (χ3v) is 3.90. The Labute approximate surface area is 106 Å². The lowest BCUT2D eigenvalue weighted by Gasteiger charge is -2.32. The third-order valence-electron chi connectivity index (χ3n) is 3.90. The summed E-state index contributed by atoms with van der Waals surface area (Å²) in [6.45, 7) is 2.50. The van der Waals surface area contributed by atoms with Crippen LogP contribution in [0.25, 0.3) is 0 Å². The van der Waals surface area contributed by atoms with Crippen LogP contribution in [-0.2, 0) is 11.3 Å². The lowest BCUT2D eigenvalue weighted by atomic mass is 9.99. The fourth-order valence-electron chi connectivity index (χ4n) is 3.07. The van der Waals surface area contributed by atoms with Crippen LogP contribution >= 0.6 is 0 Å². The normalized spacial score (nSPS) is 28.0. The minimum Gasteiger partial charge on any atom is -0.350 e. The maximum absolute atomic E-state index is 11.9. The molecular formula is C11H18N6O. The molecule has 0 aromatic carbocycles. The molecule has 7 heteroatoms. The highest BCUT2D eigenvalue weighted by molar-refractivity contribution is 5.76. The molecule has 0 unspecified atom stereocenters. The molecule has 3 heterocycles. The zero-order valence-corrected chi connectivity index (χ0v) is 10.3. The fourth-order valence-corrected chi connectivity index (χ4v) is 3.07. The Morgan fingerprint density at radius 3 is 3.11 bits per heavy atom. The number of carbonyl (C=O) groups excluding carboxylic acids is 1. The van der Waals surface area contributed by atoms with Crippen LogP contribution in [0.5, 0.6) is 0 Å². The Morgan fingerprint density at radius 2 is 2.28 bits per heavy atom. The van der Waals surface area contributed by atoms with Crippen molar-refractivity contribution in [1.82, 2.24) is 30.4 Å². The van der Waals surface area contributed by atoms with Crippen LogP contribution in [0.4, 0.5) is 0 Å². The molecule has 0 radical (unpaired) electrons. The summed E-state index contributed by atoms with van der Waals surface area (Å²) in [5.74, 6) is -0.000256. The molecule has 1 aromatic rings. The topological polar surface area (TPSA) is 75.9 Å². The Bertz CT molecular complexity index is 406. The zero-order chi connectivity index (χ0) is 12.4. The molecule has 1 aromatic heterocycles. The van der Waals surface area contributed by atoms with Gasteiger partial charge in [-0.3, -0.25) is 9.69 Å². The number of hydrogen-bond acceptors (Lipinski definition) is 5. The van der Waals surface area contributed by atoms with Gasteiger partial charge >= 0.3 is 0 Å². The average molecular weight is 250 g/mol. The van der Waals surface area contributed by atoms with E-state index in [9.17, 15) is 4.79 Å². The van der Waals surface area contributed by atoms with E-state index in [1.54, 1.807) is 0 Å². The van der Waals surface area contributed by atoms with E-state index in [4.69, 9.17) is 0 Å². The lowest BCUT2D eigenvalue weighted by Crippen LogP contribution is -2.47. The van der Waals surface area contributed by atoms with Crippen molar-refractivity contribution in [2.24, 2.45) is 0 Å². The molecule has 2 atom stereocenters. The van der Waals surface area contributed by atoms with Crippen molar-refractivity contribution < 1.29 is 4.79 Å². The first-order valence-electron chi connectivity index (χ1n) is 6.57. The molecule has 1 amide bonds. The second-order valence-corrected chi connectivity index (χ2v) is 5.07. The van der Waals surface area contributed by atoms with Crippen molar-refractivity contribution in [2.45, 2.75) is 44.3 Å². The molecule has 2 aliphatic heterocycles. The lowest BCUT2D eigenvalue weighted by molar-refractivity contribution is -0.122. The molecule has 2 aliphatic rings. The Kier molecular flexibility index (Phi) is 3.22. The fraction of sp³-hybridized carbons (Fsp3) is 0.818. The van der Waals surface area contributed by atoms with Crippen molar-refractivity contribution >= 4 is 5.91 Å². The van der Waals surface area contributed by atoms with E-state index in [-0.39, 0.29) is 12.5 Å². The van der Waals surface area contributed by atoms with Gasteiger partial charge in [0.2, 0.25) is 5.91 Å². The molecule has 0 spiro atoms. The van der Waals surface area contributed by atoms with Gasteiger partial charge in [-0.1, -0.05) is 6.42 Å². The number of nitrogens with one attached hydrogen (secondary N) is 1. The van der Waals surface area contributed by atoms with Crippen molar-refractivity contribution in [3.63, 3.8) is 0 Å². The number of tetrazole rings is 1. The number of amides is 1. The van der Waals surface area contributed by atoms with Crippen molar-refractivity contribution in [2.75, 3.05) is 13.1 Å². The molecular weight excluding hydrogens is 232 g/mol. The first-order valence-corrected chi connectivity index (χ1v) is 6.57. The summed E-state index contributed by atoms with van der Waals surface area (Å²) in [5, 5.41) is 13.8. The number of fused-ring (bicyclic) bond motifs is 1. The monoisotopic (exact) mass is 250 g/mol. The van der Waals surface area contributed by atoms with E-state index < -0.39 is 0 Å². The zero-order valence-electron chi connectivity index (χ0n) is 10.3. The molecule has 2 fully saturated rings. The third kappa shape index (κ3) is 2.35. The summed E-state index contributed by atoms with van der Waals surface area (Å²) in [7, 11) is 0. The summed E-state index contributed by atoms with van der Waals surface area (Å²) >= 11 is 0. The average Bonchev–Trinajstić information content (AvgIpc) is 3.00. The maximum Gasteiger partial charge on any atom is 0.242 e. The number of rotatable bonds is 3. The largest absolute Gasteiger partial charge is 0.350 e. The van der Waals surface area contributed by atoms with Crippen molar-refractivity contribution in [3.05, 3.63) is 6.33 Å². The highest BCUT2D eigenvalue weighted by atomic mass is 16.2. The van der Waals surface area contributed by atoms with E-state index in [1.165, 1.54) is 36.8 Å². The number of aromatic nitrogens is 4. The first-order chi connectivity index (χ1) is 8.83. The Morgan fingerprint density at radius 1 is 1.33 bits per heavy atom. The molecule has 0 aliphatic carbocycles. The van der Waals surface area contributed by atoms with E-state index in [2.05, 4.69) is 25.7 Å². The first kappa shape index (κ1) is 11.6. The molecule has 18 heavy (non-hydrogen) atoms. The van der Waals surface area contributed by atoms with E-state index >= 15 is 0 Å². The van der Waals surface area contributed by atoms with Crippen LogP contribution in [0.2, 0.25) is 0 Å². The standard InChI is InChI=1S/C11H18N6O/c18-11(7-17-8-12-14-15-17)13-9-4-6-16-5-2-1-3-10(9)16/h8-10H,1-7H2,(H,13,18)/t9-,10+/m1/s1. The van der Waals surface area contributed by atoms with Crippen LogP contribution in [0.15, 0.2) is 6.33 Å². The van der Waals surface area contributed by atoms with E-state index in [1.807, 2.05) is 0 Å². The maximum atomic E-state index is 11.9. The van der Waals surface area contributed by atoms with Gasteiger partial charge in [0.1, 0.15) is 12.9 Å². The van der Waals surface area contributed by atoms with Crippen LogP contribution < -0.4 is 5.32 Å². The molecule has 98 valence electrons. The predicted molar refractivity (Wildman–Crippen MR) is 63.6 cm³/mol. The smallest absolute Gasteiger partial charge is 0.242 e. The molecule has 0 bridgehead atoms. The second-order valence-electron chi connectivity index (χ2n) is 5.07. The second kappa shape index (κ2) is 5.01. The highest BCUT2D eigenvalue weighted by Crippen LogP contribution is 2.26. The Balaban J connectivity index is 1.54. The van der Waals surface area contributed by atoms with Gasteiger partial charge in [-0.15, -0.1) is 5.10 Å². The minimum atomic E-state index is -0.000256. The van der Waals surface area contributed by atoms with Gasteiger partial charge < -0.3 is 5.32 Å². The number of carbonyl (C=O) groups is 1. The predicted octanol–water partition coefficient (Wildman–Crippen LogP) is -0.584. The van der Waals surface area contributed by atoms with E-state index in [0.717, 1.165) is 13.0 Å². The van der Waals surface area contributed by atoms with Crippen LogP contribution in [0.3, 0.4) is 0 Å². The summed E-state index contributed by atoms with van der Waals surface area (Å²) in [6, 6.07) is 0.839. The van der Waals surface area contributed by atoms with Gasteiger partial charge in [-0.2, -0.15) is 0 Å². The number of hydrogen-bond donors (Lipinski definition) is 1. The Hall–Kier alpha value is -1.50. The quantitative estimate of drug-likeness (QED) is 0.776. The van der Waals surface area contributed by atoms with E-state index in [0.29, 0.717) is 12.1 Å². The number of piperidine rings is 1. The van der Waals surface area contributed by atoms with Crippen molar-refractivity contribution in [3.8, 4) is 0 Å². The summed E-state index contributed by atoms with van der Waals surface area (Å²) in [4.78, 5) is 14.4. The molecule has 7 nitrogen and oxygen atoms in total. The van der Waals surface area contributed by atoms with Gasteiger partial charge in [0.05, 0.1) is 0 Å². The molecule has 0 saturated carbocycles. The van der Waals surface area contributed by atoms with Crippen LogP contribution in [0, 0.1) is 0 Å². The SMILES string of the molecule is O=C(Cn1cnnn1)N[C@@H]1CCN2CCCC[C@@H]12. The number of nitrogens with zero attached hydrogens (tertiary/aromatic N) is 5. The van der Waals surface area contributed by atoms with Gasteiger partial charge in [-0.05, 0) is 36.2 Å². The summed E-state index contributed by atoms with van der Waals surface area (Å²) < 4.78 is 1.45. The summed E-state index contributed by atoms with van der Waals surface area (Å²) in [6.07, 6.45) is 6.30. The summed E-state index contributed by atoms with van der Waals surface area (Å²) in [5.41, 5.74) is 0. The van der Waals surface area contributed by atoms with Gasteiger partial charge in [0.25, 0.3) is 0 Å². The molecule has 1 N–H and O–H groups in total. The highest BCUT2D eigenvalue weighted by Gasteiger charge is 2.36. The molecule has 3 rings (SSSR count). The van der Waals surface area contributed by atoms with Gasteiger partial charge in [-0.25, -0.2) is 4.68 Å². The van der Waals surface area contributed by atoms with Crippen LogP contribution in [0.1, 0.15) is 25.7 Å². The van der Waals surface area contributed by atoms with Gasteiger partial charge in [0, 0.05) is 18.6 Å². The van der Waals surface area contributed by atoms with Crippen molar-refractivity contribution in [1.29, 1.82) is 0 Å². The minimum absolute atomic E-state index is 0.000256.